The van der Waals surface area contributed by atoms with Gasteiger partial charge >= 0.3 is 0 Å². The number of piperidine rings is 1. The number of rotatable bonds is 9. The molecule has 0 atom stereocenters. The van der Waals surface area contributed by atoms with Gasteiger partial charge < -0.3 is 14.2 Å². The maximum absolute atomic E-state index is 14.5. The minimum atomic E-state index is -0.510. The van der Waals surface area contributed by atoms with Crippen LogP contribution in [0.1, 0.15) is 42.9 Å². The standard InChI is InChI=1S/C30H33ClF2N6O/c1-19-13-24(33)30-25(14-19)37(2)29(36-30)17-38-11-8-22(9-12-38)39(16-20-3-4-20)28-7-10-34-27(35-28)18-40-26-6-5-21(31)15-23(26)32/h5-7,10,13-15,20,22H,3-4,8-9,11-12,16-18H2,1-2H3. The fourth-order valence-electron chi connectivity index (χ4n) is 5.52. The smallest absolute Gasteiger partial charge is 0.168 e. The van der Waals surface area contributed by atoms with Gasteiger partial charge in [-0.2, -0.15) is 0 Å². The van der Waals surface area contributed by atoms with Crippen molar-refractivity contribution < 1.29 is 13.5 Å². The van der Waals surface area contributed by atoms with Crippen LogP contribution in [0.4, 0.5) is 14.6 Å². The fraction of sp³-hybridized carbons (Fsp3) is 0.433. The maximum atomic E-state index is 14.5. The predicted octanol–water partition coefficient (Wildman–Crippen LogP) is 6.06. The maximum Gasteiger partial charge on any atom is 0.168 e. The molecule has 0 spiro atoms. The monoisotopic (exact) mass is 566 g/mol. The van der Waals surface area contributed by atoms with Crippen LogP contribution in [0.3, 0.4) is 0 Å². The summed E-state index contributed by atoms with van der Waals surface area (Å²) in [5.41, 5.74) is 2.17. The molecule has 1 aliphatic carbocycles. The largest absolute Gasteiger partial charge is 0.483 e. The number of aryl methyl sites for hydroxylation is 2. The number of nitrogens with zero attached hydrogens (tertiary/aromatic N) is 6. The number of hydrogen-bond donors (Lipinski definition) is 0. The first-order valence-corrected chi connectivity index (χ1v) is 14.2. The van der Waals surface area contributed by atoms with Crippen LogP contribution in [0.15, 0.2) is 42.6 Å². The number of ether oxygens (including phenoxy) is 1. The summed E-state index contributed by atoms with van der Waals surface area (Å²) in [6.07, 6.45) is 6.23. The van der Waals surface area contributed by atoms with E-state index in [4.69, 9.17) is 21.3 Å². The Morgan fingerprint density at radius 3 is 2.58 bits per heavy atom. The van der Waals surface area contributed by atoms with Crippen molar-refractivity contribution in [1.82, 2.24) is 24.4 Å². The lowest BCUT2D eigenvalue weighted by Crippen LogP contribution is -2.46. The molecule has 0 unspecified atom stereocenters. The van der Waals surface area contributed by atoms with Gasteiger partial charge in [-0.15, -0.1) is 0 Å². The molecule has 1 aliphatic heterocycles. The average Bonchev–Trinajstić information content (AvgIpc) is 3.71. The van der Waals surface area contributed by atoms with Gasteiger partial charge in [0, 0.05) is 43.9 Å². The Labute approximate surface area is 237 Å². The van der Waals surface area contributed by atoms with Gasteiger partial charge in [0.2, 0.25) is 0 Å². The molecule has 1 saturated carbocycles. The lowest BCUT2D eigenvalue weighted by molar-refractivity contribution is 0.195. The van der Waals surface area contributed by atoms with Crippen molar-refractivity contribution >= 4 is 28.5 Å². The van der Waals surface area contributed by atoms with E-state index in [0.29, 0.717) is 34.9 Å². The van der Waals surface area contributed by atoms with Crippen LogP contribution in [0.2, 0.25) is 5.02 Å². The minimum Gasteiger partial charge on any atom is -0.483 e. The lowest BCUT2D eigenvalue weighted by atomic mass is 10.0. The van der Waals surface area contributed by atoms with E-state index in [1.54, 1.807) is 18.3 Å². The first-order valence-electron chi connectivity index (χ1n) is 13.8. The van der Waals surface area contributed by atoms with Gasteiger partial charge in [-0.1, -0.05) is 11.6 Å². The molecule has 7 nitrogen and oxygen atoms in total. The second kappa shape index (κ2) is 11.3. The van der Waals surface area contributed by atoms with Gasteiger partial charge in [-0.3, -0.25) is 4.90 Å². The Kier molecular flexibility index (Phi) is 7.59. The van der Waals surface area contributed by atoms with E-state index in [9.17, 15) is 8.78 Å². The first kappa shape index (κ1) is 26.9. The molecule has 1 saturated heterocycles. The van der Waals surface area contributed by atoms with Crippen LogP contribution in [0.25, 0.3) is 11.0 Å². The molecule has 0 N–H and O–H groups in total. The summed E-state index contributed by atoms with van der Waals surface area (Å²) in [5, 5.41) is 0.321. The number of likely N-dealkylation sites (tertiary alicyclic amines) is 1. The number of halogens is 3. The van der Waals surface area contributed by atoms with Crippen LogP contribution in [-0.2, 0) is 20.2 Å². The van der Waals surface area contributed by atoms with Crippen molar-refractivity contribution in [3.63, 3.8) is 0 Å². The molecule has 0 bridgehead atoms. The summed E-state index contributed by atoms with van der Waals surface area (Å²) in [7, 11) is 1.96. The highest BCUT2D eigenvalue weighted by Crippen LogP contribution is 2.34. The summed E-state index contributed by atoms with van der Waals surface area (Å²) in [5.74, 6) is 2.31. The molecule has 2 fully saturated rings. The number of imidazole rings is 1. The highest BCUT2D eigenvalue weighted by Gasteiger charge is 2.32. The van der Waals surface area contributed by atoms with Crippen molar-refractivity contribution in [3.8, 4) is 5.75 Å². The van der Waals surface area contributed by atoms with E-state index in [1.807, 2.05) is 30.7 Å². The van der Waals surface area contributed by atoms with E-state index in [1.165, 1.54) is 25.0 Å². The topological polar surface area (TPSA) is 59.3 Å². The number of benzene rings is 2. The molecule has 3 heterocycles. The van der Waals surface area contributed by atoms with Crippen molar-refractivity contribution in [2.24, 2.45) is 13.0 Å². The second-order valence-electron chi connectivity index (χ2n) is 11.0. The molecule has 10 heteroatoms. The van der Waals surface area contributed by atoms with Crippen molar-refractivity contribution in [1.29, 1.82) is 0 Å². The quantitative estimate of drug-likeness (QED) is 0.245. The van der Waals surface area contributed by atoms with Crippen molar-refractivity contribution in [2.45, 2.75) is 51.8 Å². The predicted molar refractivity (Wildman–Crippen MR) is 152 cm³/mol. The third kappa shape index (κ3) is 5.90. The molecule has 2 aromatic carbocycles. The van der Waals surface area contributed by atoms with Gasteiger partial charge in [0.25, 0.3) is 0 Å². The van der Waals surface area contributed by atoms with Crippen LogP contribution in [0.5, 0.6) is 5.75 Å². The van der Waals surface area contributed by atoms with Gasteiger partial charge in [-0.25, -0.2) is 23.7 Å². The van der Waals surface area contributed by atoms with Crippen LogP contribution < -0.4 is 9.64 Å². The molecule has 2 aromatic heterocycles. The van der Waals surface area contributed by atoms with E-state index in [2.05, 4.69) is 19.8 Å². The number of fused-ring (bicyclic) bond motifs is 1. The zero-order valence-corrected chi connectivity index (χ0v) is 23.5. The summed E-state index contributed by atoms with van der Waals surface area (Å²) in [6, 6.07) is 10.2. The Morgan fingerprint density at radius 1 is 1.02 bits per heavy atom. The normalized spacial score (nSPS) is 16.5. The molecule has 2 aliphatic rings. The highest BCUT2D eigenvalue weighted by molar-refractivity contribution is 6.30. The zero-order valence-electron chi connectivity index (χ0n) is 22.8. The molecule has 4 aromatic rings. The minimum absolute atomic E-state index is 0.0697. The summed E-state index contributed by atoms with van der Waals surface area (Å²) in [4.78, 5) is 18.6. The summed E-state index contributed by atoms with van der Waals surface area (Å²) < 4.78 is 36.3. The average molecular weight is 567 g/mol. The highest BCUT2D eigenvalue weighted by atomic mass is 35.5. The third-order valence-electron chi connectivity index (χ3n) is 7.93. The zero-order chi connectivity index (χ0) is 27.8. The molecule has 6 rings (SSSR count). The molecular formula is C30H33ClF2N6O. The van der Waals surface area contributed by atoms with Crippen molar-refractivity contribution in [2.75, 3.05) is 24.5 Å². The van der Waals surface area contributed by atoms with E-state index >= 15 is 0 Å². The summed E-state index contributed by atoms with van der Waals surface area (Å²) >= 11 is 5.85. The van der Waals surface area contributed by atoms with Gasteiger partial charge in [0.05, 0.1) is 12.1 Å². The SMILES string of the molecule is Cc1cc(F)c2nc(CN3CCC(N(CC4CC4)c4ccnc(COc5ccc(Cl)cc5F)n4)CC3)n(C)c2c1. The number of aromatic nitrogens is 4. The fourth-order valence-corrected chi connectivity index (χ4v) is 5.68. The molecule has 40 heavy (non-hydrogen) atoms. The van der Waals surface area contributed by atoms with Crippen LogP contribution in [-0.4, -0.2) is 50.1 Å². The Bertz CT molecular complexity index is 1520. The molecule has 0 radical (unpaired) electrons. The van der Waals surface area contributed by atoms with Crippen LogP contribution in [0, 0.1) is 24.5 Å². The number of anilines is 1. The van der Waals surface area contributed by atoms with E-state index in [0.717, 1.165) is 55.2 Å². The Hall–Kier alpha value is -3.30. The van der Waals surface area contributed by atoms with Gasteiger partial charge in [-0.05, 0) is 80.5 Å². The molecule has 210 valence electrons. The van der Waals surface area contributed by atoms with E-state index < -0.39 is 5.82 Å². The Morgan fingerprint density at radius 2 is 1.82 bits per heavy atom. The first-order chi connectivity index (χ1) is 19.3. The molecular weight excluding hydrogens is 534 g/mol. The third-order valence-corrected chi connectivity index (χ3v) is 8.16. The summed E-state index contributed by atoms with van der Waals surface area (Å²) in [6.45, 7) is 5.48. The Balaban J connectivity index is 1.12. The van der Waals surface area contributed by atoms with Crippen molar-refractivity contribution in [3.05, 3.63) is 76.5 Å². The van der Waals surface area contributed by atoms with E-state index in [-0.39, 0.29) is 18.2 Å². The van der Waals surface area contributed by atoms with Gasteiger partial charge in [0.15, 0.2) is 23.2 Å². The molecule has 0 amide bonds. The van der Waals surface area contributed by atoms with Crippen LogP contribution >= 0.6 is 11.6 Å². The second-order valence-corrected chi connectivity index (χ2v) is 11.4. The lowest BCUT2D eigenvalue weighted by Gasteiger charge is -2.39. The van der Waals surface area contributed by atoms with Gasteiger partial charge in [0.1, 0.15) is 23.8 Å². The number of hydrogen-bond acceptors (Lipinski definition) is 6.